The van der Waals surface area contributed by atoms with Gasteiger partial charge >= 0.3 is 5.97 Å². The molecule has 0 saturated carbocycles. The lowest BCUT2D eigenvalue weighted by molar-refractivity contribution is -0.139. The third kappa shape index (κ3) is 6.67. The van der Waals surface area contributed by atoms with Crippen molar-refractivity contribution in [1.29, 1.82) is 0 Å². The van der Waals surface area contributed by atoms with Crippen molar-refractivity contribution in [1.82, 2.24) is 5.32 Å². The van der Waals surface area contributed by atoms with Crippen LogP contribution in [0.25, 0.3) is 0 Å². The molecule has 0 bridgehead atoms. The van der Waals surface area contributed by atoms with Gasteiger partial charge in [-0.3, -0.25) is 9.59 Å². The standard InChI is InChI=1S/C16H23NO3S/c1-4-20-15(19)11-21-10-14(18)17-16(12(2)3)13-8-6-5-7-9-13/h5-9,12,16H,4,10-11H2,1-3H3,(H,17,18). The molecule has 0 aliphatic rings. The Kier molecular flexibility index (Phi) is 7.90. The highest BCUT2D eigenvalue weighted by molar-refractivity contribution is 8.00. The first-order valence-electron chi connectivity index (χ1n) is 7.12. The van der Waals surface area contributed by atoms with Crippen molar-refractivity contribution in [2.45, 2.75) is 26.8 Å². The summed E-state index contributed by atoms with van der Waals surface area (Å²) >= 11 is 1.27. The lowest BCUT2D eigenvalue weighted by Gasteiger charge is -2.22. The fourth-order valence-electron chi connectivity index (χ4n) is 1.94. The van der Waals surface area contributed by atoms with Crippen molar-refractivity contribution in [3.05, 3.63) is 35.9 Å². The molecule has 116 valence electrons. The Labute approximate surface area is 130 Å². The van der Waals surface area contributed by atoms with Gasteiger partial charge in [0.05, 0.1) is 24.2 Å². The van der Waals surface area contributed by atoms with Gasteiger partial charge in [0, 0.05) is 0 Å². The predicted octanol–water partition coefficient (Wildman–Crippen LogP) is 2.80. The number of ether oxygens (including phenoxy) is 1. The second-order valence-electron chi connectivity index (χ2n) is 5.00. The number of hydrogen-bond acceptors (Lipinski definition) is 4. The van der Waals surface area contributed by atoms with Gasteiger partial charge in [-0.1, -0.05) is 44.2 Å². The van der Waals surface area contributed by atoms with Crippen molar-refractivity contribution in [2.24, 2.45) is 5.92 Å². The molecular formula is C16H23NO3S. The SMILES string of the molecule is CCOC(=O)CSCC(=O)NC(c1ccccc1)C(C)C. The van der Waals surface area contributed by atoms with Crippen molar-refractivity contribution in [2.75, 3.05) is 18.1 Å². The van der Waals surface area contributed by atoms with Gasteiger partial charge in [-0.2, -0.15) is 0 Å². The van der Waals surface area contributed by atoms with Crippen LogP contribution in [0.4, 0.5) is 0 Å². The summed E-state index contributed by atoms with van der Waals surface area (Å²) in [7, 11) is 0. The molecule has 0 aliphatic carbocycles. The Morgan fingerprint density at radius 2 is 1.86 bits per heavy atom. The quantitative estimate of drug-likeness (QED) is 0.750. The molecule has 0 fully saturated rings. The van der Waals surface area contributed by atoms with E-state index < -0.39 is 0 Å². The molecule has 0 heterocycles. The molecular weight excluding hydrogens is 286 g/mol. The summed E-state index contributed by atoms with van der Waals surface area (Å²) in [6.45, 7) is 6.28. The molecule has 1 amide bonds. The smallest absolute Gasteiger partial charge is 0.315 e. The highest BCUT2D eigenvalue weighted by Crippen LogP contribution is 2.21. The minimum absolute atomic E-state index is 0.0121. The minimum Gasteiger partial charge on any atom is -0.465 e. The van der Waals surface area contributed by atoms with Gasteiger partial charge in [-0.15, -0.1) is 11.8 Å². The van der Waals surface area contributed by atoms with Gasteiger partial charge in [0.1, 0.15) is 0 Å². The second kappa shape index (κ2) is 9.45. The first kappa shape index (κ1) is 17.6. The first-order valence-corrected chi connectivity index (χ1v) is 8.27. The molecule has 1 rings (SSSR count). The van der Waals surface area contributed by atoms with Crippen LogP contribution in [0.1, 0.15) is 32.4 Å². The summed E-state index contributed by atoms with van der Waals surface area (Å²) in [5.41, 5.74) is 1.09. The fourth-order valence-corrected chi connectivity index (χ4v) is 2.56. The van der Waals surface area contributed by atoms with E-state index in [1.807, 2.05) is 30.3 Å². The maximum absolute atomic E-state index is 12.0. The number of thioether (sulfide) groups is 1. The second-order valence-corrected chi connectivity index (χ2v) is 5.98. The van der Waals surface area contributed by atoms with Gasteiger partial charge in [0.15, 0.2) is 0 Å². The fraction of sp³-hybridized carbons (Fsp3) is 0.500. The zero-order valence-corrected chi connectivity index (χ0v) is 13.6. The maximum atomic E-state index is 12.0. The van der Waals surface area contributed by atoms with E-state index in [2.05, 4.69) is 19.2 Å². The van der Waals surface area contributed by atoms with Crippen LogP contribution < -0.4 is 5.32 Å². The molecule has 5 heteroatoms. The maximum Gasteiger partial charge on any atom is 0.315 e. The highest BCUT2D eigenvalue weighted by atomic mass is 32.2. The molecule has 1 aromatic rings. The Balaban J connectivity index is 2.45. The lowest BCUT2D eigenvalue weighted by Crippen LogP contribution is -2.33. The van der Waals surface area contributed by atoms with E-state index in [0.29, 0.717) is 12.5 Å². The van der Waals surface area contributed by atoms with E-state index in [4.69, 9.17) is 4.74 Å². The van der Waals surface area contributed by atoms with Crippen LogP contribution in [0, 0.1) is 5.92 Å². The monoisotopic (exact) mass is 309 g/mol. The van der Waals surface area contributed by atoms with E-state index >= 15 is 0 Å². The van der Waals surface area contributed by atoms with Crippen LogP contribution >= 0.6 is 11.8 Å². The molecule has 1 atom stereocenters. The van der Waals surface area contributed by atoms with Gasteiger partial charge < -0.3 is 10.1 Å². The third-order valence-electron chi connectivity index (χ3n) is 2.90. The third-order valence-corrected chi connectivity index (χ3v) is 3.81. The first-order chi connectivity index (χ1) is 10.0. The van der Waals surface area contributed by atoms with E-state index in [-0.39, 0.29) is 29.4 Å². The summed E-state index contributed by atoms with van der Waals surface area (Å²) in [6.07, 6.45) is 0. The molecule has 0 saturated heterocycles. The molecule has 0 aromatic heterocycles. The van der Waals surface area contributed by atoms with Gasteiger partial charge in [-0.05, 0) is 18.4 Å². The Hall–Kier alpha value is -1.49. The minimum atomic E-state index is -0.279. The van der Waals surface area contributed by atoms with Crippen molar-refractivity contribution >= 4 is 23.6 Å². The molecule has 0 radical (unpaired) electrons. The van der Waals surface area contributed by atoms with Crippen LogP contribution in [0.5, 0.6) is 0 Å². The summed E-state index contributed by atoms with van der Waals surface area (Å²) in [6, 6.07) is 9.89. The molecule has 1 N–H and O–H groups in total. The van der Waals surface area contributed by atoms with E-state index in [9.17, 15) is 9.59 Å². The lowest BCUT2D eigenvalue weighted by atomic mass is 9.96. The summed E-state index contributed by atoms with van der Waals surface area (Å²) < 4.78 is 4.82. The molecule has 1 aromatic carbocycles. The van der Waals surface area contributed by atoms with Gasteiger partial charge in [0.2, 0.25) is 5.91 Å². The Morgan fingerprint density at radius 3 is 2.43 bits per heavy atom. The number of nitrogens with one attached hydrogen (secondary N) is 1. The van der Waals surface area contributed by atoms with E-state index in [0.717, 1.165) is 5.56 Å². The molecule has 0 spiro atoms. The Bertz CT molecular complexity index is 448. The zero-order valence-electron chi connectivity index (χ0n) is 12.8. The van der Waals surface area contributed by atoms with Gasteiger partial charge in [-0.25, -0.2) is 0 Å². The summed E-state index contributed by atoms with van der Waals surface area (Å²) in [4.78, 5) is 23.2. The molecule has 1 unspecified atom stereocenters. The molecule has 21 heavy (non-hydrogen) atoms. The summed E-state index contributed by atoms with van der Waals surface area (Å²) in [5, 5.41) is 3.03. The van der Waals surface area contributed by atoms with Crippen LogP contribution in [-0.4, -0.2) is 30.0 Å². The summed E-state index contributed by atoms with van der Waals surface area (Å²) in [5.74, 6) is 0.422. The molecule has 0 aliphatic heterocycles. The Morgan fingerprint density at radius 1 is 1.19 bits per heavy atom. The number of amides is 1. The predicted molar refractivity (Wildman–Crippen MR) is 86.1 cm³/mol. The number of carbonyl (C=O) groups is 2. The highest BCUT2D eigenvalue weighted by Gasteiger charge is 2.18. The van der Waals surface area contributed by atoms with Crippen LogP contribution in [0.15, 0.2) is 30.3 Å². The van der Waals surface area contributed by atoms with Crippen molar-refractivity contribution in [3.63, 3.8) is 0 Å². The average Bonchev–Trinajstić information content (AvgIpc) is 2.45. The topological polar surface area (TPSA) is 55.4 Å². The van der Waals surface area contributed by atoms with Gasteiger partial charge in [0.25, 0.3) is 0 Å². The van der Waals surface area contributed by atoms with Crippen molar-refractivity contribution < 1.29 is 14.3 Å². The number of benzene rings is 1. The van der Waals surface area contributed by atoms with Crippen molar-refractivity contribution in [3.8, 4) is 0 Å². The average molecular weight is 309 g/mol. The largest absolute Gasteiger partial charge is 0.465 e. The van der Waals surface area contributed by atoms with Crippen LogP contribution in [0.2, 0.25) is 0 Å². The normalized spacial score (nSPS) is 12.0. The van der Waals surface area contributed by atoms with E-state index in [1.54, 1.807) is 6.92 Å². The number of rotatable bonds is 8. The zero-order chi connectivity index (χ0) is 15.7. The van der Waals surface area contributed by atoms with Crippen LogP contribution in [-0.2, 0) is 14.3 Å². The van der Waals surface area contributed by atoms with E-state index in [1.165, 1.54) is 11.8 Å². The number of esters is 1. The van der Waals surface area contributed by atoms with Crippen LogP contribution in [0.3, 0.4) is 0 Å². The molecule has 4 nitrogen and oxygen atoms in total. The number of carbonyl (C=O) groups excluding carboxylic acids is 2. The number of hydrogen-bond donors (Lipinski definition) is 1.